The molecule has 0 N–H and O–H groups in total. The molecule has 0 saturated heterocycles. The molecule has 3 rings (SSSR count). The van der Waals surface area contributed by atoms with Crippen LogP contribution in [0.5, 0.6) is 0 Å². The largest absolute Gasteiger partial charge is 0.362 e. The van der Waals surface area contributed by atoms with Gasteiger partial charge in [0.05, 0.1) is 11.7 Å². The van der Waals surface area contributed by atoms with Crippen LogP contribution in [0.25, 0.3) is 10.9 Å². The maximum atomic E-state index is 4.58. The summed E-state index contributed by atoms with van der Waals surface area (Å²) >= 11 is 0. The zero-order valence-electron chi connectivity index (χ0n) is 9.00. The van der Waals surface area contributed by atoms with Crippen LogP contribution in [0.2, 0.25) is 0 Å². The number of hydrogen-bond acceptors (Lipinski definition) is 3. The number of aryl methyl sites for hydroxylation is 1. The Kier molecular flexibility index (Phi) is 3.28. The predicted molar refractivity (Wildman–Crippen MR) is 63.0 cm³/mol. The molecule has 0 bridgehead atoms. The van der Waals surface area contributed by atoms with E-state index in [1.165, 1.54) is 5.39 Å². The summed E-state index contributed by atoms with van der Waals surface area (Å²) in [6, 6.07) is 13.9. The number of benzene rings is 1. The molecule has 0 saturated carbocycles. The lowest BCUT2D eigenvalue weighted by Gasteiger charge is -1.91. The Morgan fingerprint density at radius 2 is 1.75 bits per heavy atom. The smallest absolute Gasteiger partial charge is 0.133 e. The summed E-state index contributed by atoms with van der Waals surface area (Å²) in [6.07, 6.45) is 3.43. The Hall–Kier alpha value is -2.16. The van der Waals surface area contributed by atoms with Gasteiger partial charge in [0.1, 0.15) is 5.76 Å². The van der Waals surface area contributed by atoms with Crippen LogP contribution in [0, 0.1) is 6.92 Å². The highest BCUT2D eigenvalue weighted by Crippen LogP contribution is 2.07. The Labute approximate surface area is 93.7 Å². The summed E-state index contributed by atoms with van der Waals surface area (Å²) in [7, 11) is 0. The molecule has 0 aliphatic carbocycles. The van der Waals surface area contributed by atoms with Crippen LogP contribution < -0.4 is 0 Å². The molecule has 0 spiro atoms. The molecule has 3 aromatic rings. The molecular weight excluding hydrogens is 200 g/mol. The van der Waals surface area contributed by atoms with Crippen LogP contribution in [0.1, 0.15) is 5.76 Å². The molecular formula is C13H12N2O. The first-order valence-electron chi connectivity index (χ1n) is 5.03. The van der Waals surface area contributed by atoms with Crippen molar-refractivity contribution >= 4 is 10.9 Å². The minimum Gasteiger partial charge on any atom is -0.362 e. The predicted octanol–water partition coefficient (Wildman–Crippen LogP) is 3.22. The zero-order valence-corrected chi connectivity index (χ0v) is 9.00. The van der Waals surface area contributed by atoms with Gasteiger partial charge in [-0.3, -0.25) is 4.98 Å². The second-order valence-corrected chi connectivity index (χ2v) is 3.32. The molecule has 2 heterocycles. The highest BCUT2D eigenvalue weighted by atomic mass is 16.5. The SMILES string of the molecule is Cc1ccno1.c1ccc2ncccc2c1. The quantitative estimate of drug-likeness (QED) is 0.574. The summed E-state index contributed by atoms with van der Waals surface area (Å²) < 4.78 is 4.58. The summed E-state index contributed by atoms with van der Waals surface area (Å²) in [5, 5.41) is 4.65. The van der Waals surface area contributed by atoms with Crippen molar-refractivity contribution in [3.63, 3.8) is 0 Å². The number of nitrogens with zero attached hydrogens (tertiary/aromatic N) is 2. The van der Waals surface area contributed by atoms with E-state index in [4.69, 9.17) is 0 Å². The van der Waals surface area contributed by atoms with Crippen LogP contribution in [0.3, 0.4) is 0 Å². The maximum absolute atomic E-state index is 4.58. The van der Waals surface area contributed by atoms with Gasteiger partial charge in [0, 0.05) is 17.6 Å². The molecule has 0 unspecified atom stereocenters. The Bertz CT molecular complexity index is 481. The molecule has 0 atom stereocenters. The van der Waals surface area contributed by atoms with Crippen LogP contribution in [-0.2, 0) is 0 Å². The second-order valence-electron chi connectivity index (χ2n) is 3.32. The van der Waals surface area contributed by atoms with Crippen molar-refractivity contribution in [2.45, 2.75) is 6.92 Å². The minimum absolute atomic E-state index is 0.856. The van der Waals surface area contributed by atoms with Gasteiger partial charge in [0.15, 0.2) is 0 Å². The molecule has 1 aromatic carbocycles. The van der Waals surface area contributed by atoms with Crippen LogP contribution >= 0.6 is 0 Å². The maximum Gasteiger partial charge on any atom is 0.133 e. The van der Waals surface area contributed by atoms with Gasteiger partial charge < -0.3 is 4.52 Å². The zero-order chi connectivity index (χ0) is 11.2. The van der Waals surface area contributed by atoms with Gasteiger partial charge in [0.2, 0.25) is 0 Å². The standard InChI is InChI=1S/C9H7N.C4H5NO/c1-2-6-9-8(4-1)5-3-7-10-9;1-4-2-3-5-6-4/h1-7H;2-3H,1H3. The first kappa shape index (κ1) is 10.4. The number of pyridine rings is 1. The second kappa shape index (κ2) is 5.07. The van der Waals surface area contributed by atoms with Crippen molar-refractivity contribution in [3.8, 4) is 0 Å². The van der Waals surface area contributed by atoms with Gasteiger partial charge in [-0.25, -0.2) is 0 Å². The van der Waals surface area contributed by atoms with Crippen molar-refractivity contribution in [3.05, 3.63) is 60.6 Å². The third-order valence-corrected chi connectivity index (χ3v) is 2.08. The van der Waals surface area contributed by atoms with Gasteiger partial charge in [0.25, 0.3) is 0 Å². The molecule has 3 heteroatoms. The number of hydrogen-bond donors (Lipinski definition) is 0. The van der Waals surface area contributed by atoms with Crippen molar-refractivity contribution in [1.29, 1.82) is 0 Å². The molecule has 16 heavy (non-hydrogen) atoms. The number of para-hydroxylation sites is 1. The Balaban J connectivity index is 0.000000138. The van der Waals surface area contributed by atoms with E-state index in [9.17, 15) is 0 Å². The van der Waals surface area contributed by atoms with Crippen LogP contribution in [0.4, 0.5) is 0 Å². The van der Waals surface area contributed by atoms with E-state index in [-0.39, 0.29) is 0 Å². The van der Waals surface area contributed by atoms with E-state index >= 15 is 0 Å². The van der Waals surface area contributed by atoms with Crippen molar-refractivity contribution in [2.75, 3.05) is 0 Å². The molecule has 0 amide bonds. The van der Waals surface area contributed by atoms with E-state index in [0.717, 1.165) is 11.3 Å². The topological polar surface area (TPSA) is 38.9 Å². The van der Waals surface area contributed by atoms with Crippen LogP contribution in [-0.4, -0.2) is 10.1 Å². The van der Waals surface area contributed by atoms with E-state index in [0.29, 0.717) is 0 Å². The van der Waals surface area contributed by atoms with Crippen molar-refractivity contribution in [1.82, 2.24) is 10.1 Å². The summed E-state index contributed by atoms with van der Waals surface area (Å²) in [6.45, 7) is 1.85. The highest BCUT2D eigenvalue weighted by molar-refractivity contribution is 5.77. The van der Waals surface area contributed by atoms with Gasteiger partial charge in [-0.15, -0.1) is 0 Å². The monoisotopic (exact) mass is 212 g/mol. The van der Waals surface area contributed by atoms with E-state index in [1.54, 1.807) is 12.3 Å². The molecule has 0 fully saturated rings. The van der Waals surface area contributed by atoms with Gasteiger partial charge in [-0.05, 0) is 19.1 Å². The molecule has 0 aliphatic rings. The third-order valence-electron chi connectivity index (χ3n) is 2.08. The summed E-state index contributed by atoms with van der Waals surface area (Å²) in [5.74, 6) is 0.856. The van der Waals surface area contributed by atoms with Crippen molar-refractivity contribution in [2.24, 2.45) is 0 Å². The van der Waals surface area contributed by atoms with Crippen molar-refractivity contribution < 1.29 is 4.52 Å². The number of rotatable bonds is 0. The fraction of sp³-hybridized carbons (Fsp3) is 0.0769. The average Bonchev–Trinajstić information content (AvgIpc) is 2.81. The Morgan fingerprint density at radius 3 is 2.38 bits per heavy atom. The third kappa shape index (κ3) is 2.67. The van der Waals surface area contributed by atoms with Gasteiger partial charge >= 0.3 is 0 Å². The van der Waals surface area contributed by atoms with E-state index < -0.39 is 0 Å². The van der Waals surface area contributed by atoms with Gasteiger partial charge in [-0.1, -0.05) is 29.4 Å². The number of aromatic nitrogens is 2. The lowest BCUT2D eigenvalue weighted by atomic mass is 10.2. The molecule has 0 radical (unpaired) electrons. The summed E-state index contributed by atoms with van der Waals surface area (Å²) in [4.78, 5) is 4.18. The normalized spacial score (nSPS) is 9.56. The molecule has 0 aliphatic heterocycles. The minimum atomic E-state index is 0.856. The average molecular weight is 212 g/mol. The Morgan fingerprint density at radius 1 is 0.938 bits per heavy atom. The first-order valence-corrected chi connectivity index (χ1v) is 5.03. The fourth-order valence-electron chi connectivity index (χ4n) is 1.30. The van der Waals surface area contributed by atoms with Crippen LogP contribution in [0.15, 0.2) is 59.4 Å². The lowest BCUT2D eigenvalue weighted by Crippen LogP contribution is -1.73. The summed E-state index contributed by atoms with van der Waals surface area (Å²) in [5.41, 5.74) is 1.06. The van der Waals surface area contributed by atoms with E-state index in [1.807, 2.05) is 37.4 Å². The fourth-order valence-corrected chi connectivity index (χ4v) is 1.30. The molecule has 3 nitrogen and oxygen atoms in total. The first-order chi connectivity index (χ1) is 7.86. The van der Waals surface area contributed by atoms with Gasteiger partial charge in [-0.2, -0.15) is 0 Å². The molecule has 80 valence electrons. The molecule has 2 aromatic heterocycles. The van der Waals surface area contributed by atoms with E-state index in [2.05, 4.69) is 26.8 Å². The lowest BCUT2D eigenvalue weighted by molar-refractivity contribution is 0.397. The number of fused-ring (bicyclic) bond motifs is 1. The highest BCUT2D eigenvalue weighted by Gasteiger charge is 1.86.